The molecule has 0 aromatic heterocycles. The summed E-state index contributed by atoms with van der Waals surface area (Å²) in [6.45, 7) is 7.26. The monoisotopic (exact) mass is 353 g/mol. The molecule has 2 nitrogen and oxygen atoms in total. The molecule has 1 aliphatic carbocycles. The van der Waals surface area contributed by atoms with Crippen LogP contribution in [0.5, 0.6) is 0 Å². The summed E-state index contributed by atoms with van der Waals surface area (Å²) in [5.41, 5.74) is 1.37. The standard InChI is InChI=1S/C18H28BrNO/c1-4-17(2,3)14-9-11-18(13-21,12-10-14)20-16-7-5-15(19)6-8-16/h5-8,14,20-21H,4,9-13H2,1-3H3. The number of aliphatic hydroxyl groups is 1. The highest BCUT2D eigenvalue weighted by atomic mass is 79.9. The summed E-state index contributed by atoms with van der Waals surface area (Å²) in [5.74, 6) is 0.772. The van der Waals surface area contributed by atoms with Crippen LogP contribution in [0.4, 0.5) is 5.69 Å². The van der Waals surface area contributed by atoms with Crippen molar-refractivity contribution < 1.29 is 5.11 Å². The first-order chi connectivity index (χ1) is 9.91. The van der Waals surface area contributed by atoms with Crippen LogP contribution in [0.3, 0.4) is 0 Å². The highest BCUT2D eigenvalue weighted by Gasteiger charge is 2.39. The van der Waals surface area contributed by atoms with E-state index >= 15 is 0 Å². The Hall–Kier alpha value is -0.540. The fourth-order valence-electron chi connectivity index (χ4n) is 3.40. The Balaban J connectivity index is 2.03. The molecule has 21 heavy (non-hydrogen) atoms. The molecule has 0 radical (unpaired) electrons. The largest absolute Gasteiger partial charge is 0.394 e. The van der Waals surface area contributed by atoms with Crippen LogP contribution >= 0.6 is 15.9 Å². The molecule has 1 aromatic carbocycles. The second-order valence-electron chi connectivity index (χ2n) is 7.19. The normalized spacial score (nSPS) is 26.6. The Bertz CT molecular complexity index is 447. The van der Waals surface area contributed by atoms with Gasteiger partial charge in [0.25, 0.3) is 0 Å². The lowest BCUT2D eigenvalue weighted by Crippen LogP contribution is -2.47. The first-order valence-corrected chi connectivity index (χ1v) is 8.85. The van der Waals surface area contributed by atoms with Gasteiger partial charge in [-0.05, 0) is 61.3 Å². The molecule has 0 unspecified atom stereocenters. The van der Waals surface area contributed by atoms with Gasteiger partial charge >= 0.3 is 0 Å². The van der Waals surface area contributed by atoms with Gasteiger partial charge in [-0.25, -0.2) is 0 Å². The lowest BCUT2D eigenvalue weighted by atomic mass is 9.65. The van der Waals surface area contributed by atoms with Gasteiger partial charge in [-0.2, -0.15) is 0 Å². The van der Waals surface area contributed by atoms with Gasteiger partial charge in [-0.15, -0.1) is 0 Å². The second kappa shape index (κ2) is 6.70. The van der Waals surface area contributed by atoms with E-state index in [0.717, 1.165) is 28.9 Å². The molecule has 1 aliphatic rings. The van der Waals surface area contributed by atoms with E-state index < -0.39 is 0 Å². The summed E-state index contributed by atoms with van der Waals surface area (Å²) in [7, 11) is 0. The lowest BCUT2D eigenvalue weighted by molar-refractivity contribution is 0.0921. The summed E-state index contributed by atoms with van der Waals surface area (Å²) < 4.78 is 1.08. The average molecular weight is 354 g/mol. The van der Waals surface area contributed by atoms with Gasteiger partial charge in [-0.3, -0.25) is 0 Å². The Labute approximate surface area is 137 Å². The van der Waals surface area contributed by atoms with Gasteiger partial charge in [0.05, 0.1) is 12.1 Å². The third-order valence-corrected chi connectivity index (χ3v) is 6.04. The van der Waals surface area contributed by atoms with Gasteiger partial charge < -0.3 is 10.4 Å². The maximum Gasteiger partial charge on any atom is 0.0661 e. The SMILES string of the molecule is CCC(C)(C)C1CCC(CO)(Nc2ccc(Br)cc2)CC1. The van der Waals surface area contributed by atoms with E-state index in [1.807, 2.05) is 12.1 Å². The molecule has 0 aliphatic heterocycles. The van der Waals surface area contributed by atoms with E-state index in [2.05, 4.69) is 54.2 Å². The highest BCUT2D eigenvalue weighted by Crippen LogP contribution is 2.44. The van der Waals surface area contributed by atoms with E-state index in [9.17, 15) is 5.11 Å². The van der Waals surface area contributed by atoms with E-state index in [4.69, 9.17) is 0 Å². The van der Waals surface area contributed by atoms with Crippen molar-refractivity contribution in [2.24, 2.45) is 11.3 Å². The van der Waals surface area contributed by atoms with Gasteiger partial charge in [0.2, 0.25) is 0 Å². The first-order valence-electron chi connectivity index (χ1n) is 8.05. The number of aliphatic hydroxyl groups excluding tert-OH is 1. The van der Waals surface area contributed by atoms with Crippen molar-refractivity contribution in [3.8, 4) is 0 Å². The number of benzene rings is 1. The molecule has 3 heteroatoms. The second-order valence-corrected chi connectivity index (χ2v) is 8.10. The van der Waals surface area contributed by atoms with Crippen molar-refractivity contribution in [1.82, 2.24) is 0 Å². The molecule has 0 spiro atoms. The van der Waals surface area contributed by atoms with E-state index in [1.165, 1.54) is 19.3 Å². The quantitative estimate of drug-likeness (QED) is 0.760. The first kappa shape index (κ1) is 16.8. The van der Waals surface area contributed by atoms with Crippen molar-refractivity contribution in [3.05, 3.63) is 28.7 Å². The number of rotatable bonds is 5. The van der Waals surface area contributed by atoms with Crippen molar-refractivity contribution in [3.63, 3.8) is 0 Å². The van der Waals surface area contributed by atoms with Crippen LogP contribution < -0.4 is 5.32 Å². The minimum absolute atomic E-state index is 0.145. The van der Waals surface area contributed by atoms with Gasteiger partial charge in [0.15, 0.2) is 0 Å². The maximum absolute atomic E-state index is 9.93. The van der Waals surface area contributed by atoms with Crippen LogP contribution in [0.15, 0.2) is 28.7 Å². The summed E-state index contributed by atoms with van der Waals surface area (Å²) >= 11 is 3.46. The maximum atomic E-state index is 9.93. The predicted octanol–water partition coefficient (Wildman–Crippen LogP) is 5.22. The Kier molecular flexibility index (Phi) is 5.37. The highest BCUT2D eigenvalue weighted by molar-refractivity contribution is 9.10. The molecule has 0 heterocycles. The molecular weight excluding hydrogens is 326 g/mol. The molecule has 0 bridgehead atoms. The Morgan fingerprint density at radius 2 is 1.81 bits per heavy atom. The number of anilines is 1. The van der Waals surface area contributed by atoms with Crippen LogP contribution in [0.25, 0.3) is 0 Å². The third kappa shape index (κ3) is 4.01. The Morgan fingerprint density at radius 3 is 2.29 bits per heavy atom. The molecule has 1 aromatic rings. The minimum atomic E-state index is -0.145. The van der Waals surface area contributed by atoms with Crippen molar-refractivity contribution in [2.45, 2.75) is 58.4 Å². The number of hydrogen-bond acceptors (Lipinski definition) is 2. The van der Waals surface area contributed by atoms with Crippen LogP contribution in [-0.4, -0.2) is 17.3 Å². The summed E-state index contributed by atoms with van der Waals surface area (Å²) in [6, 6.07) is 8.23. The van der Waals surface area contributed by atoms with E-state index in [0.29, 0.717) is 5.41 Å². The zero-order chi connectivity index (χ0) is 15.5. The number of halogens is 1. The fraction of sp³-hybridized carbons (Fsp3) is 0.667. The van der Waals surface area contributed by atoms with Crippen LogP contribution in [0, 0.1) is 11.3 Å². The average Bonchev–Trinajstić information content (AvgIpc) is 2.50. The summed E-state index contributed by atoms with van der Waals surface area (Å²) in [6.07, 6.45) is 5.72. The predicted molar refractivity (Wildman–Crippen MR) is 93.6 cm³/mol. The van der Waals surface area contributed by atoms with Crippen molar-refractivity contribution in [1.29, 1.82) is 0 Å². The van der Waals surface area contributed by atoms with Gasteiger partial charge in [-0.1, -0.05) is 43.1 Å². The molecule has 118 valence electrons. The molecule has 1 saturated carbocycles. The molecular formula is C18H28BrNO. The number of nitrogens with one attached hydrogen (secondary N) is 1. The molecule has 0 amide bonds. The topological polar surface area (TPSA) is 32.3 Å². The molecule has 2 rings (SSSR count). The van der Waals surface area contributed by atoms with Crippen LogP contribution in [0.1, 0.15) is 52.9 Å². The van der Waals surface area contributed by atoms with Gasteiger partial charge in [0.1, 0.15) is 0 Å². The van der Waals surface area contributed by atoms with Crippen molar-refractivity contribution in [2.75, 3.05) is 11.9 Å². The van der Waals surface area contributed by atoms with Crippen molar-refractivity contribution >= 4 is 21.6 Å². The minimum Gasteiger partial charge on any atom is -0.394 e. The zero-order valence-electron chi connectivity index (χ0n) is 13.5. The fourth-order valence-corrected chi connectivity index (χ4v) is 3.67. The molecule has 1 fully saturated rings. The lowest BCUT2D eigenvalue weighted by Gasteiger charge is -2.45. The molecule has 0 saturated heterocycles. The smallest absolute Gasteiger partial charge is 0.0661 e. The summed E-state index contributed by atoms with van der Waals surface area (Å²) in [4.78, 5) is 0. The zero-order valence-corrected chi connectivity index (χ0v) is 15.0. The van der Waals surface area contributed by atoms with Gasteiger partial charge in [0, 0.05) is 10.2 Å². The third-order valence-electron chi connectivity index (χ3n) is 5.52. The number of hydrogen-bond donors (Lipinski definition) is 2. The summed E-state index contributed by atoms with van der Waals surface area (Å²) in [5, 5.41) is 13.5. The molecule has 2 N–H and O–H groups in total. The van der Waals surface area contributed by atoms with Crippen LogP contribution in [-0.2, 0) is 0 Å². The van der Waals surface area contributed by atoms with E-state index in [-0.39, 0.29) is 12.1 Å². The van der Waals surface area contributed by atoms with E-state index in [1.54, 1.807) is 0 Å². The molecule has 0 atom stereocenters. The van der Waals surface area contributed by atoms with Crippen LogP contribution in [0.2, 0.25) is 0 Å². The Morgan fingerprint density at radius 1 is 1.24 bits per heavy atom.